The first-order valence-corrected chi connectivity index (χ1v) is 8.21. The molecule has 4 nitrogen and oxygen atoms in total. The molecule has 0 N–H and O–H groups in total. The second-order valence-electron chi connectivity index (χ2n) is 5.84. The van der Waals surface area contributed by atoms with Crippen molar-refractivity contribution in [3.8, 4) is 5.88 Å². The zero-order valence-electron chi connectivity index (χ0n) is 12.6. The third-order valence-electron chi connectivity index (χ3n) is 4.02. The Bertz CT molecular complexity index is 573. The van der Waals surface area contributed by atoms with Crippen LogP contribution in [0.25, 0.3) is 0 Å². The number of piperidine rings is 1. The molecule has 0 spiro atoms. The first kappa shape index (κ1) is 14.3. The molecule has 1 aromatic heterocycles. The van der Waals surface area contributed by atoms with Gasteiger partial charge in [-0.25, -0.2) is 0 Å². The predicted octanol–water partition coefficient (Wildman–Crippen LogP) is 3.66. The predicted molar refractivity (Wildman–Crippen MR) is 86.0 cm³/mol. The highest BCUT2D eigenvalue weighted by Crippen LogP contribution is 2.30. The Balaban J connectivity index is 1.64. The van der Waals surface area contributed by atoms with E-state index in [0.717, 1.165) is 30.4 Å². The standard InChI is InChI=1S/C16H21N3OS/c1-12-3-5-14(6-4-12)11-20-16-15(17-21-18-16)19-9-7-13(2)8-10-19/h3-6,13H,7-11H2,1-2H3. The maximum Gasteiger partial charge on any atom is 0.271 e. The molecule has 1 saturated heterocycles. The van der Waals surface area contributed by atoms with Crippen LogP contribution in [0.15, 0.2) is 24.3 Å². The summed E-state index contributed by atoms with van der Waals surface area (Å²) in [5.41, 5.74) is 2.42. The molecule has 1 aliphatic rings. The van der Waals surface area contributed by atoms with Crippen LogP contribution in [-0.2, 0) is 6.61 Å². The molecule has 0 saturated carbocycles. The number of nitrogens with zero attached hydrogens (tertiary/aromatic N) is 3. The van der Waals surface area contributed by atoms with Gasteiger partial charge in [0.25, 0.3) is 5.88 Å². The van der Waals surface area contributed by atoms with Crippen molar-refractivity contribution in [2.24, 2.45) is 5.92 Å². The van der Waals surface area contributed by atoms with Crippen LogP contribution in [-0.4, -0.2) is 21.8 Å². The number of aryl methyl sites for hydroxylation is 1. The van der Waals surface area contributed by atoms with Crippen molar-refractivity contribution in [2.45, 2.75) is 33.3 Å². The Morgan fingerprint density at radius 2 is 1.90 bits per heavy atom. The van der Waals surface area contributed by atoms with E-state index < -0.39 is 0 Å². The van der Waals surface area contributed by atoms with E-state index in [4.69, 9.17) is 4.74 Å². The zero-order chi connectivity index (χ0) is 14.7. The van der Waals surface area contributed by atoms with Crippen LogP contribution < -0.4 is 9.64 Å². The second kappa shape index (κ2) is 6.43. The van der Waals surface area contributed by atoms with E-state index in [1.165, 1.54) is 30.1 Å². The summed E-state index contributed by atoms with van der Waals surface area (Å²) in [6, 6.07) is 8.39. The highest BCUT2D eigenvalue weighted by Gasteiger charge is 2.22. The molecular formula is C16H21N3OS. The quantitative estimate of drug-likeness (QED) is 0.864. The highest BCUT2D eigenvalue weighted by molar-refractivity contribution is 6.99. The highest BCUT2D eigenvalue weighted by atomic mass is 32.1. The van der Waals surface area contributed by atoms with Crippen molar-refractivity contribution in [2.75, 3.05) is 18.0 Å². The van der Waals surface area contributed by atoms with E-state index in [1.54, 1.807) is 0 Å². The fourth-order valence-corrected chi connectivity index (χ4v) is 3.04. The largest absolute Gasteiger partial charge is 0.470 e. The lowest BCUT2D eigenvalue weighted by molar-refractivity contribution is 0.295. The molecule has 0 atom stereocenters. The van der Waals surface area contributed by atoms with E-state index in [2.05, 4.69) is 51.8 Å². The van der Waals surface area contributed by atoms with Gasteiger partial charge in [-0.3, -0.25) is 0 Å². The molecule has 0 aliphatic carbocycles. The third kappa shape index (κ3) is 3.53. The van der Waals surface area contributed by atoms with E-state index in [9.17, 15) is 0 Å². The lowest BCUT2D eigenvalue weighted by Gasteiger charge is -2.30. The summed E-state index contributed by atoms with van der Waals surface area (Å²) in [4.78, 5) is 2.30. The van der Waals surface area contributed by atoms with Gasteiger partial charge in [0.1, 0.15) is 6.61 Å². The van der Waals surface area contributed by atoms with Gasteiger partial charge in [-0.05, 0) is 31.2 Å². The van der Waals surface area contributed by atoms with Gasteiger partial charge >= 0.3 is 0 Å². The van der Waals surface area contributed by atoms with Gasteiger partial charge in [-0.1, -0.05) is 36.8 Å². The maximum absolute atomic E-state index is 5.88. The summed E-state index contributed by atoms with van der Waals surface area (Å²) in [5, 5.41) is 0. The number of aromatic nitrogens is 2. The summed E-state index contributed by atoms with van der Waals surface area (Å²) >= 11 is 1.23. The van der Waals surface area contributed by atoms with Crippen LogP contribution in [0, 0.1) is 12.8 Å². The molecule has 3 rings (SSSR count). The first-order valence-electron chi connectivity index (χ1n) is 7.48. The number of benzene rings is 1. The molecule has 0 radical (unpaired) electrons. The number of anilines is 1. The molecule has 112 valence electrons. The van der Waals surface area contributed by atoms with Crippen molar-refractivity contribution < 1.29 is 4.74 Å². The molecule has 1 aromatic carbocycles. The summed E-state index contributed by atoms with van der Waals surface area (Å²) in [6.45, 7) is 7.04. The summed E-state index contributed by atoms with van der Waals surface area (Å²) in [6.07, 6.45) is 2.43. The van der Waals surface area contributed by atoms with Gasteiger partial charge in [0, 0.05) is 13.1 Å². The minimum atomic E-state index is 0.545. The molecule has 1 aliphatic heterocycles. The molecule has 1 fully saturated rings. The Morgan fingerprint density at radius 1 is 1.19 bits per heavy atom. The first-order chi connectivity index (χ1) is 10.2. The normalized spacial score (nSPS) is 16.2. The van der Waals surface area contributed by atoms with Gasteiger partial charge < -0.3 is 9.64 Å². The average molecular weight is 303 g/mol. The molecule has 0 bridgehead atoms. The van der Waals surface area contributed by atoms with Gasteiger partial charge in [0.2, 0.25) is 5.82 Å². The van der Waals surface area contributed by atoms with Crippen LogP contribution in [0.4, 0.5) is 5.82 Å². The summed E-state index contributed by atoms with van der Waals surface area (Å²) in [5.74, 6) is 2.40. The van der Waals surface area contributed by atoms with Crippen molar-refractivity contribution in [1.82, 2.24) is 8.75 Å². The van der Waals surface area contributed by atoms with Gasteiger partial charge in [0.05, 0.1) is 11.7 Å². The molecule has 2 heterocycles. The molecular weight excluding hydrogens is 282 g/mol. The van der Waals surface area contributed by atoms with Gasteiger partial charge in [-0.2, -0.15) is 4.37 Å². The maximum atomic E-state index is 5.88. The smallest absolute Gasteiger partial charge is 0.271 e. The van der Waals surface area contributed by atoms with Crippen LogP contribution in [0.1, 0.15) is 30.9 Å². The summed E-state index contributed by atoms with van der Waals surface area (Å²) in [7, 11) is 0. The van der Waals surface area contributed by atoms with Gasteiger partial charge in [-0.15, -0.1) is 4.37 Å². The van der Waals surface area contributed by atoms with Gasteiger partial charge in [0.15, 0.2) is 0 Å². The Kier molecular flexibility index (Phi) is 4.39. The summed E-state index contributed by atoms with van der Waals surface area (Å²) < 4.78 is 14.6. The Morgan fingerprint density at radius 3 is 2.62 bits per heavy atom. The van der Waals surface area contributed by atoms with Crippen molar-refractivity contribution >= 4 is 17.5 Å². The molecule has 0 amide bonds. The minimum Gasteiger partial charge on any atom is -0.470 e. The van der Waals surface area contributed by atoms with Crippen molar-refractivity contribution in [3.05, 3.63) is 35.4 Å². The number of hydrogen-bond acceptors (Lipinski definition) is 5. The van der Waals surface area contributed by atoms with E-state index >= 15 is 0 Å². The van der Waals surface area contributed by atoms with Crippen LogP contribution >= 0.6 is 11.7 Å². The fraction of sp³-hybridized carbons (Fsp3) is 0.500. The Labute approximate surface area is 130 Å². The van der Waals surface area contributed by atoms with Crippen molar-refractivity contribution in [1.29, 1.82) is 0 Å². The topological polar surface area (TPSA) is 38.3 Å². The molecule has 21 heavy (non-hydrogen) atoms. The Hall–Kier alpha value is -1.62. The molecule has 5 heteroatoms. The minimum absolute atomic E-state index is 0.545. The number of hydrogen-bond donors (Lipinski definition) is 0. The van der Waals surface area contributed by atoms with Crippen LogP contribution in [0.5, 0.6) is 5.88 Å². The number of ether oxygens (including phenoxy) is 1. The number of rotatable bonds is 4. The zero-order valence-corrected chi connectivity index (χ0v) is 13.4. The van der Waals surface area contributed by atoms with Crippen LogP contribution in [0.3, 0.4) is 0 Å². The SMILES string of the molecule is Cc1ccc(COc2nsnc2N2CCC(C)CC2)cc1. The fourth-order valence-electron chi connectivity index (χ4n) is 2.52. The third-order valence-corrected chi connectivity index (χ3v) is 4.52. The van der Waals surface area contributed by atoms with Crippen LogP contribution in [0.2, 0.25) is 0 Å². The monoisotopic (exact) mass is 303 g/mol. The van der Waals surface area contributed by atoms with E-state index in [0.29, 0.717) is 12.5 Å². The second-order valence-corrected chi connectivity index (χ2v) is 6.37. The lowest BCUT2D eigenvalue weighted by Crippen LogP contribution is -2.33. The van der Waals surface area contributed by atoms with E-state index in [1.807, 2.05) is 0 Å². The molecule has 0 unspecified atom stereocenters. The lowest BCUT2D eigenvalue weighted by atomic mass is 9.99. The van der Waals surface area contributed by atoms with E-state index in [-0.39, 0.29) is 0 Å². The molecule has 2 aromatic rings. The average Bonchev–Trinajstić information content (AvgIpc) is 2.96. The van der Waals surface area contributed by atoms with Crippen molar-refractivity contribution in [3.63, 3.8) is 0 Å².